The van der Waals surface area contributed by atoms with Crippen molar-refractivity contribution < 1.29 is 13.0 Å². The van der Waals surface area contributed by atoms with Crippen LogP contribution >= 0.6 is 11.8 Å². The van der Waals surface area contributed by atoms with Gasteiger partial charge in [-0.1, -0.05) is 11.8 Å². The molecule has 1 aromatic carbocycles. The highest BCUT2D eigenvalue weighted by atomic mass is 32.2. The molecule has 0 saturated heterocycles. The molecule has 0 fully saturated rings. The van der Waals surface area contributed by atoms with E-state index in [1.807, 2.05) is 12.1 Å². The number of benzene rings is 1. The van der Waals surface area contributed by atoms with Gasteiger partial charge in [-0.3, -0.25) is 9.54 Å². The highest BCUT2D eigenvalue weighted by molar-refractivity contribution is 7.99. The van der Waals surface area contributed by atoms with Crippen LogP contribution in [0.5, 0.6) is 0 Å². The fourth-order valence-electron chi connectivity index (χ4n) is 1.22. The Morgan fingerprint density at radius 3 is 2.00 bits per heavy atom. The largest absolute Gasteiger partial charge is 0.294 e. The van der Waals surface area contributed by atoms with Crippen molar-refractivity contribution in [2.45, 2.75) is 14.7 Å². The summed E-state index contributed by atoms with van der Waals surface area (Å²) in [5, 5.41) is 0. The van der Waals surface area contributed by atoms with Crippen LogP contribution in [0.4, 0.5) is 0 Å². The van der Waals surface area contributed by atoms with E-state index in [-0.39, 0.29) is 4.90 Å². The Hall–Kier alpha value is -1.37. The van der Waals surface area contributed by atoms with E-state index in [1.165, 1.54) is 23.9 Å². The molecule has 0 bridgehead atoms. The van der Waals surface area contributed by atoms with Crippen molar-refractivity contribution in [1.29, 1.82) is 0 Å². The molecule has 2 rings (SSSR count). The summed E-state index contributed by atoms with van der Waals surface area (Å²) in [5.74, 6) is 0. The van der Waals surface area contributed by atoms with Gasteiger partial charge in [-0.2, -0.15) is 8.42 Å². The van der Waals surface area contributed by atoms with Crippen molar-refractivity contribution >= 4 is 21.9 Å². The summed E-state index contributed by atoms with van der Waals surface area (Å²) in [6.45, 7) is 0. The van der Waals surface area contributed by atoms with Crippen LogP contribution in [0, 0.1) is 0 Å². The maximum Gasteiger partial charge on any atom is 0.294 e. The lowest BCUT2D eigenvalue weighted by Gasteiger charge is -2.02. The van der Waals surface area contributed by atoms with Crippen LogP contribution in [0.3, 0.4) is 0 Å². The van der Waals surface area contributed by atoms with Crippen LogP contribution in [0.2, 0.25) is 0 Å². The van der Waals surface area contributed by atoms with Gasteiger partial charge in [0.15, 0.2) is 0 Å². The van der Waals surface area contributed by atoms with Crippen LogP contribution in [-0.2, 0) is 10.1 Å². The van der Waals surface area contributed by atoms with E-state index in [0.717, 1.165) is 9.79 Å². The second-order valence-electron chi connectivity index (χ2n) is 3.23. The molecule has 6 heteroatoms. The van der Waals surface area contributed by atoms with E-state index in [2.05, 4.69) is 4.98 Å². The van der Waals surface area contributed by atoms with Crippen LogP contribution in [0.1, 0.15) is 0 Å². The Morgan fingerprint density at radius 1 is 0.941 bits per heavy atom. The van der Waals surface area contributed by atoms with Crippen LogP contribution in [0.25, 0.3) is 0 Å². The summed E-state index contributed by atoms with van der Waals surface area (Å²) < 4.78 is 30.5. The highest BCUT2D eigenvalue weighted by Crippen LogP contribution is 2.27. The van der Waals surface area contributed by atoms with Gasteiger partial charge < -0.3 is 0 Å². The molecule has 0 radical (unpaired) electrons. The topological polar surface area (TPSA) is 67.3 Å². The average molecular weight is 267 g/mol. The Morgan fingerprint density at radius 2 is 1.47 bits per heavy atom. The minimum absolute atomic E-state index is 0.100. The second-order valence-corrected chi connectivity index (χ2v) is 5.80. The zero-order valence-electron chi connectivity index (χ0n) is 8.65. The Balaban J connectivity index is 2.20. The molecule has 1 aromatic heterocycles. The minimum Gasteiger partial charge on any atom is -0.282 e. The smallest absolute Gasteiger partial charge is 0.282 e. The number of hydrogen-bond acceptors (Lipinski definition) is 4. The van der Waals surface area contributed by atoms with Crippen molar-refractivity contribution in [3.8, 4) is 0 Å². The molecule has 0 atom stereocenters. The lowest BCUT2D eigenvalue weighted by Crippen LogP contribution is -1.96. The van der Waals surface area contributed by atoms with Gasteiger partial charge in [0.25, 0.3) is 10.1 Å². The first-order valence-corrected chi connectivity index (χ1v) is 6.97. The first kappa shape index (κ1) is 12.1. The van der Waals surface area contributed by atoms with E-state index in [9.17, 15) is 8.42 Å². The third kappa shape index (κ3) is 3.29. The summed E-state index contributed by atoms with van der Waals surface area (Å²) in [6.07, 6.45) is 3.38. The summed E-state index contributed by atoms with van der Waals surface area (Å²) in [5.41, 5.74) is 0. The van der Waals surface area contributed by atoms with Gasteiger partial charge in [-0.25, -0.2) is 0 Å². The normalized spacial score (nSPS) is 11.4. The van der Waals surface area contributed by atoms with Gasteiger partial charge in [-0.15, -0.1) is 0 Å². The quantitative estimate of drug-likeness (QED) is 0.865. The van der Waals surface area contributed by atoms with Gasteiger partial charge in [-0.05, 0) is 36.4 Å². The average Bonchev–Trinajstić information content (AvgIpc) is 2.30. The zero-order chi connectivity index (χ0) is 12.3. The van der Waals surface area contributed by atoms with E-state index in [0.29, 0.717) is 0 Å². The molecular weight excluding hydrogens is 258 g/mol. The maximum atomic E-state index is 10.8. The fraction of sp³-hybridized carbons (Fsp3) is 0. The molecule has 0 aliphatic carbocycles. The van der Waals surface area contributed by atoms with Crippen molar-refractivity contribution in [2.24, 2.45) is 0 Å². The maximum absolute atomic E-state index is 10.8. The van der Waals surface area contributed by atoms with Crippen molar-refractivity contribution in [3.05, 3.63) is 48.8 Å². The zero-order valence-corrected chi connectivity index (χ0v) is 10.3. The summed E-state index contributed by atoms with van der Waals surface area (Å²) in [7, 11) is -4.11. The third-order valence-corrected chi connectivity index (χ3v) is 3.89. The molecule has 0 saturated carbocycles. The summed E-state index contributed by atoms with van der Waals surface area (Å²) in [4.78, 5) is 5.71. The molecule has 2 aromatic rings. The van der Waals surface area contributed by atoms with Gasteiger partial charge >= 0.3 is 0 Å². The van der Waals surface area contributed by atoms with E-state index in [1.54, 1.807) is 24.5 Å². The van der Waals surface area contributed by atoms with E-state index >= 15 is 0 Å². The second kappa shape index (κ2) is 4.87. The SMILES string of the molecule is O=S(=O)(O)c1ccc(Sc2ccncc2)cc1. The monoisotopic (exact) mass is 267 g/mol. The molecule has 0 amide bonds. The number of nitrogens with zero attached hydrogens (tertiary/aromatic N) is 1. The highest BCUT2D eigenvalue weighted by Gasteiger charge is 2.08. The van der Waals surface area contributed by atoms with E-state index < -0.39 is 10.1 Å². The molecule has 0 aliphatic rings. The third-order valence-electron chi connectivity index (χ3n) is 2.01. The first-order chi connectivity index (χ1) is 8.05. The van der Waals surface area contributed by atoms with Crippen molar-refractivity contribution in [1.82, 2.24) is 4.98 Å². The molecular formula is C11H9NO3S2. The van der Waals surface area contributed by atoms with Crippen molar-refractivity contribution in [2.75, 3.05) is 0 Å². The molecule has 4 nitrogen and oxygen atoms in total. The first-order valence-electron chi connectivity index (χ1n) is 4.71. The fourth-order valence-corrected chi connectivity index (χ4v) is 2.50. The van der Waals surface area contributed by atoms with Crippen LogP contribution < -0.4 is 0 Å². The molecule has 1 heterocycles. The number of aromatic nitrogens is 1. The summed E-state index contributed by atoms with van der Waals surface area (Å²) >= 11 is 1.49. The molecule has 88 valence electrons. The Labute approximate surface area is 103 Å². The number of hydrogen-bond donors (Lipinski definition) is 1. The minimum atomic E-state index is -4.11. The molecule has 1 N–H and O–H groups in total. The predicted molar refractivity (Wildman–Crippen MR) is 64.6 cm³/mol. The van der Waals surface area contributed by atoms with Gasteiger partial charge in [0.2, 0.25) is 0 Å². The molecule has 17 heavy (non-hydrogen) atoms. The molecule has 0 spiro atoms. The van der Waals surface area contributed by atoms with Gasteiger partial charge in [0.1, 0.15) is 0 Å². The van der Waals surface area contributed by atoms with Crippen molar-refractivity contribution in [3.63, 3.8) is 0 Å². The Kier molecular flexibility index (Phi) is 3.46. The van der Waals surface area contributed by atoms with Crippen LogP contribution in [0.15, 0.2) is 63.5 Å². The van der Waals surface area contributed by atoms with Gasteiger partial charge in [0, 0.05) is 22.2 Å². The lowest BCUT2D eigenvalue weighted by atomic mass is 10.4. The lowest BCUT2D eigenvalue weighted by molar-refractivity contribution is 0.483. The standard InChI is InChI=1S/C11H9NO3S2/c13-17(14,15)11-3-1-9(2-4-11)16-10-5-7-12-8-6-10/h1-8H,(H,13,14,15). The van der Waals surface area contributed by atoms with Crippen LogP contribution in [-0.4, -0.2) is 18.0 Å². The number of rotatable bonds is 3. The molecule has 0 aliphatic heterocycles. The summed E-state index contributed by atoms with van der Waals surface area (Å²) in [6, 6.07) is 9.77. The number of pyridine rings is 1. The van der Waals surface area contributed by atoms with E-state index in [4.69, 9.17) is 4.55 Å². The molecule has 0 unspecified atom stereocenters. The Bertz CT molecular complexity index is 594. The van der Waals surface area contributed by atoms with Gasteiger partial charge in [0.05, 0.1) is 4.90 Å². The predicted octanol–water partition coefficient (Wildman–Crippen LogP) is 2.48.